The molecule has 10 heteroatoms. The Morgan fingerprint density at radius 2 is 0.850 bits per heavy atom. The van der Waals surface area contributed by atoms with Crippen LogP contribution in [-0.4, -0.2) is 40.1 Å². The zero-order chi connectivity index (χ0) is 27.6. The highest BCUT2D eigenvalue weighted by Gasteiger charge is 2.18. The first-order valence-corrected chi connectivity index (χ1v) is 13.6. The molecule has 0 saturated carbocycles. The van der Waals surface area contributed by atoms with Crippen LogP contribution in [0.5, 0.6) is 11.5 Å². The molecule has 0 aliphatic carbocycles. The zero-order valence-corrected chi connectivity index (χ0v) is 23.7. The van der Waals surface area contributed by atoms with Crippen molar-refractivity contribution in [3.63, 3.8) is 0 Å². The van der Waals surface area contributed by atoms with Crippen molar-refractivity contribution < 1.29 is 10.2 Å². The Labute approximate surface area is 245 Å². The number of pyridine rings is 2. The lowest BCUT2D eigenvalue weighted by molar-refractivity contribution is 0.478. The molecular formula is C30H18Br2N6O2. The van der Waals surface area contributed by atoms with E-state index in [-0.39, 0.29) is 11.5 Å². The van der Waals surface area contributed by atoms with E-state index in [2.05, 4.69) is 51.8 Å². The summed E-state index contributed by atoms with van der Waals surface area (Å²) in [5.74, 6) is 0.0938. The van der Waals surface area contributed by atoms with Gasteiger partial charge < -0.3 is 10.2 Å². The Bertz CT molecular complexity index is 1720. The largest absolute Gasteiger partial charge is 0.507 e. The number of halogens is 2. The van der Waals surface area contributed by atoms with Crippen LogP contribution in [0.2, 0.25) is 0 Å². The molecule has 6 aromatic rings. The number of phenols is 2. The van der Waals surface area contributed by atoms with Crippen LogP contribution in [0.1, 0.15) is 0 Å². The van der Waals surface area contributed by atoms with E-state index in [0.717, 1.165) is 8.95 Å². The van der Waals surface area contributed by atoms with E-state index >= 15 is 0 Å². The summed E-state index contributed by atoms with van der Waals surface area (Å²) in [4.78, 5) is 26.5. The predicted octanol–water partition coefficient (Wildman–Crippen LogP) is 7.33. The number of rotatable bonds is 5. The summed E-state index contributed by atoms with van der Waals surface area (Å²) < 4.78 is 1.52. The molecule has 0 spiro atoms. The maximum absolute atomic E-state index is 11.2. The second-order valence-corrected chi connectivity index (χ2v) is 10.5. The van der Waals surface area contributed by atoms with Gasteiger partial charge in [0, 0.05) is 56.0 Å². The van der Waals surface area contributed by atoms with Crippen molar-refractivity contribution in [2.75, 3.05) is 0 Å². The fourth-order valence-corrected chi connectivity index (χ4v) is 5.23. The number of nitrogens with zero attached hydrogens (tertiary/aromatic N) is 6. The molecule has 0 aliphatic rings. The zero-order valence-electron chi connectivity index (χ0n) is 20.6. The van der Waals surface area contributed by atoms with Crippen LogP contribution in [0, 0.1) is 0 Å². The van der Waals surface area contributed by atoms with Gasteiger partial charge in [0.2, 0.25) is 0 Å². The number of phenolic OH excluding ortho intramolecular Hbond substituents is 2. The first kappa shape index (κ1) is 25.7. The fourth-order valence-electron chi connectivity index (χ4n) is 4.31. The standard InChI is InChI=1S/C30H18Br2N6O2/c31-17-11-19(29(39)21(13-17)27-15-33-7-9-35-27)23-3-1-5-25(37-23)26-6-2-4-24(38-26)20-12-18(32)14-22(30(20)40)28-16-34-8-10-36-28/h1-16,39-40H. The van der Waals surface area contributed by atoms with Gasteiger partial charge in [0.05, 0.1) is 46.6 Å². The SMILES string of the molecule is Oc1c(-c2cnccn2)cc(Br)cc1-c1cccc(-c2cccc(-c3cc(Br)cc(-c4cnccn4)c3O)n2)n1. The van der Waals surface area contributed by atoms with E-state index in [9.17, 15) is 10.2 Å². The van der Waals surface area contributed by atoms with Crippen molar-refractivity contribution in [1.82, 2.24) is 29.9 Å². The molecule has 2 aromatic carbocycles. The van der Waals surface area contributed by atoms with Crippen molar-refractivity contribution >= 4 is 31.9 Å². The van der Waals surface area contributed by atoms with Gasteiger partial charge in [0.25, 0.3) is 0 Å². The molecule has 0 radical (unpaired) electrons. The van der Waals surface area contributed by atoms with Crippen molar-refractivity contribution in [1.29, 1.82) is 0 Å². The number of aromatic hydroxyl groups is 2. The predicted molar refractivity (Wildman–Crippen MR) is 159 cm³/mol. The minimum absolute atomic E-state index is 0.0469. The van der Waals surface area contributed by atoms with Gasteiger partial charge in [-0.15, -0.1) is 0 Å². The number of hydrogen-bond acceptors (Lipinski definition) is 8. The highest BCUT2D eigenvalue weighted by atomic mass is 79.9. The molecule has 6 rings (SSSR count). The average molecular weight is 654 g/mol. The molecule has 4 aromatic heterocycles. The van der Waals surface area contributed by atoms with Crippen LogP contribution >= 0.6 is 31.9 Å². The quantitative estimate of drug-likeness (QED) is 0.199. The highest BCUT2D eigenvalue weighted by Crippen LogP contribution is 2.41. The van der Waals surface area contributed by atoms with Gasteiger partial charge in [-0.1, -0.05) is 44.0 Å². The molecule has 0 saturated heterocycles. The van der Waals surface area contributed by atoms with E-state index in [4.69, 9.17) is 9.97 Å². The molecule has 0 fully saturated rings. The van der Waals surface area contributed by atoms with E-state index in [1.807, 2.05) is 36.4 Å². The Morgan fingerprint density at radius 1 is 0.475 bits per heavy atom. The van der Waals surface area contributed by atoms with Gasteiger partial charge in [-0.2, -0.15) is 0 Å². The molecule has 0 unspecified atom stereocenters. The number of hydrogen-bond donors (Lipinski definition) is 2. The lowest BCUT2D eigenvalue weighted by atomic mass is 10.0. The molecule has 2 N–H and O–H groups in total. The van der Waals surface area contributed by atoms with E-state index < -0.39 is 0 Å². The number of benzene rings is 2. The maximum Gasteiger partial charge on any atom is 0.134 e. The minimum Gasteiger partial charge on any atom is -0.507 e. The third-order valence-corrected chi connectivity index (χ3v) is 7.06. The van der Waals surface area contributed by atoms with Crippen LogP contribution in [0.15, 0.2) is 107 Å². The first-order chi connectivity index (χ1) is 19.5. The summed E-state index contributed by atoms with van der Waals surface area (Å²) in [6.07, 6.45) is 9.50. The van der Waals surface area contributed by atoms with Crippen molar-refractivity contribution in [3.05, 3.63) is 107 Å². The van der Waals surface area contributed by atoms with Crippen LogP contribution in [-0.2, 0) is 0 Å². The molecule has 0 atom stereocenters. The first-order valence-electron chi connectivity index (χ1n) is 12.0. The van der Waals surface area contributed by atoms with Gasteiger partial charge in [0.15, 0.2) is 0 Å². The lowest BCUT2D eigenvalue weighted by Crippen LogP contribution is -1.94. The summed E-state index contributed by atoms with van der Waals surface area (Å²) in [7, 11) is 0. The van der Waals surface area contributed by atoms with Crippen LogP contribution in [0.4, 0.5) is 0 Å². The highest BCUT2D eigenvalue weighted by molar-refractivity contribution is 9.10. The van der Waals surface area contributed by atoms with Crippen molar-refractivity contribution in [2.45, 2.75) is 0 Å². The van der Waals surface area contributed by atoms with Crippen LogP contribution < -0.4 is 0 Å². The molecule has 0 bridgehead atoms. The van der Waals surface area contributed by atoms with E-state index in [1.165, 1.54) is 0 Å². The monoisotopic (exact) mass is 652 g/mol. The molecule has 4 heterocycles. The maximum atomic E-state index is 11.2. The molecule has 8 nitrogen and oxygen atoms in total. The summed E-state index contributed by atoms with van der Waals surface area (Å²) in [5.41, 5.74) is 5.55. The smallest absolute Gasteiger partial charge is 0.134 e. The fraction of sp³-hybridized carbons (Fsp3) is 0. The summed E-state index contributed by atoms with van der Waals surface area (Å²) >= 11 is 7.08. The van der Waals surface area contributed by atoms with Gasteiger partial charge >= 0.3 is 0 Å². The third-order valence-electron chi connectivity index (χ3n) is 6.14. The van der Waals surface area contributed by atoms with E-state index in [1.54, 1.807) is 61.4 Å². The summed E-state index contributed by atoms with van der Waals surface area (Å²) in [6, 6.07) is 18.2. The summed E-state index contributed by atoms with van der Waals surface area (Å²) in [6.45, 7) is 0. The normalized spacial score (nSPS) is 10.9. The summed E-state index contributed by atoms with van der Waals surface area (Å²) in [5, 5.41) is 22.3. The Balaban J connectivity index is 1.42. The van der Waals surface area contributed by atoms with Gasteiger partial charge in [0.1, 0.15) is 11.5 Å². The second-order valence-electron chi connectivity index (χ2n) is 8.70. The Morgan fingerprint density at radius 3 is 1.23 bits per heavy atom. The average Bonchev–Trinajstić information content (AvgIpc) is 3.00. The third kappa shape index (κ3) is 5.06. The minimum atomic E-state index is 0.0469. The van der Waals surface area contributed by atoms with Crippen molar-refractivity contribution in [2.24, 2.45) is 0 Å². The van der Waals surface area contributed by atoms with Gasteiger partial charge in [-0.3, -0.25) is 19.9 Å². The van der Waals surface area contributed by atoms with Crippen LogP contribution in [0.3, 0.4) is 0 Å². The second kappa shape index (κ2) is 10.9. The van der Waals surface area contributed by atoms with Crippen LogP contribution in [0.25, 0.3) is 56.4 Å². The van der Waals surface area contributed by atoms with Crippen molar-refractivity contribution in [3.8, 4) is 67.9 Å². The topological polar surface area (TPSA) is 118 Å². The number of aromatic nitrogens is 6. The molecule has 0 aliphatic heterocycles. The molecule has 194 valence electrons. The molecular weight excluding hydrogens is 636 g/mol. The lowest BCUT2D eigenvalue weighted by Gasteiger charge is -2.13. The Hall–Kier alpha value is -4.54. The van der Waals surface area contributed by atoms with Gasteiger partial charge in [-0.25, -0.2) is 9.97 Å². The van der Waals surface area contributed by atoms with E-state index in [0.29, 0.717) is 56.4 Å². The molecule has 0 amide bonds. The Kier molecular flexibility index (Phi) is 7.02. The molecule has 40 heavy (non-hydrogen) atoms. The van der Waals surface area contributed by atoms with Gasteiger partial charge in [-0.05, 0) is 48.5 Å².